The van der Waals surface area contributed by atoms with Crippen LogP contribution in [0.4, 0.5) is 11.4 Å². The van der Waals surface area contributed by atoms with Crippen LogP contribution < -0.4 is 10.6 Å². The van der Waals surface area contributed by atoms with Gasteiger partial charge in [-0.25, -0.2) is 4.98 Å². The molecular weight excluding hydrogens is 290 g/mol. The SMILES string of the molecule is CNC(C)c1nc(-c2ccc(Nc3ccccc3)cc2)cs1. The zero-order chi connectivity index (χ0) is 15.4. The Morgan fingerprint density at radius 3 is 2.32 bits per heavy atom. The minimum atomic E-state index is 0.290. The Morgan fingerprint density at radius 2 is 1.64 bits per heavy atom. The first-order valence-corrected chi connectivity index (χ1v) is 8.19. The van der Waals surface area contributed by atoms with E-state index in [1.54, 1.807) is 11.3 Å². The summed E-state index contributed by atoms with van der Waals surface area (Å²) in [6, 6.07) is 18.8. The smallest absolute Gasteiger partial charge is 0.110 e. The molecule has 0 saturated heterocycles. The third kappa shape index (κ3) is 3.35. The summed E-state index contributed by atoms with van der Waals surface area (Å²) in [5.41, 5.74) is 4.35. The lowest BCUT2D eigenvalue weighted by Crippen LogP contribution is -2.11. The van der Waals surface area contributed by atoms with E-state index in [-0.39, 0.29) is 6.04 Å². The largest absolute Gasteiger partial charge is 0.356 e. The van der Waals surface area contributed by atoms with Crippen LogP contribution in [-0.4, -0.2) is 12.0 Å². The van der Waals surface area contributed by atoms with E-state index < -0.39 is 0 Å². The zero-order valence-corrected chi connectivity index (χ0v) is 13.5. The number of hydrogen-bond donors (Lipinski definition) is 2. The van der Waals surface area contributed by atoms with Gasteiger partial charge in [-0.15, -0.1) is 11.3 Å². The van der Waals surface area contributed by atoms with E-state index in [1.807, 2.05) is 25.2 Å². The summed E-state index contributed by atoms with van der Waals surface area (Å²) in [6.45, 7) is 2.12. The minimum absolute atomic E-state index is 0.290. The monoisotopic (exact) mass is 309 g/mol. The van der Waals surface area contributed by atoms with Gasteiger partial charge in [0.15, 0.2) is 0 Å². The van der Waals surface area contributed by atoms with E-state index >= 15 is 0 Å². The number of para-hydroxylation sites is 1. The number of rotatable bonds is 5. The van der Waals surface area contributed by atoms with Gasteiger partial charge in [-0.2, -0.15) is 0 Å². The second-order valence-electron chi connectivity index (χ2n) is 5.15. The van der Waals surface area contributed by atoms with Crippen molar-refractivity contribution in [2.24, 2.45) is 0 Å². The highest BCUT2D eigenvalue weighted by Gasteiger charge is 2.09. The summed E-state index contributed by atoms with van der Waals surface area (Å²) in [5, 5.41) is 9.84. The minimum Gasteiger partial charge on any atom is -0.356 e. The quantitative estimate of drug-likeness (QED) is 0.708. The van der Waals surface area contributed by atoms with Crippen LogP contribution in [0.2, 0.25) is 0 Å². The average Bonchev–Trinajstić information content (AvgIpc) is 3.06. The van der Waals surface area contributed by atoms with Gasteiger partial charge in [0.2, 0.25) is 0 Å². The molecule has 0 fully saturated rings. The zero-order valence-electron chi connectivity index (χ0n) is 12.7. The maximum absolute atomic E-state index is 4.70. The number of hydrogen-bond acceptors (Lipinski definition) is 4. The van der Waals surface area contributed by atoms with E-state index in [0.717, 1.165) is 27.6 Å². The molecule has 3 aromatic rings. The molecule has 0 bridgehead atoms. The molecular formula is C18H19N3S. The highest BCUT2D eigenvalue weighted by Crippen LogP contribution is 2.27. The fraction of sp³-hybridized carbons (Fsp3) is 0.167. The van der Waals surface area contributed by atoms with Gasteiger partial charge in [0, 0.05) is 22.3 Å². The van der Waals surface area contributed by atoms with Crippen molar-refractivity contribution in [1.29, 1.82) is 0 Å². The molecule has 2 aromatic carbocycles. The fourth-order valence-electron chi connectivity index (χ4n) is 2.16. The summed E-state index contributed by atoms with van der Waals surface area (Å²) < 4.78 is 0. The standard InChI is InChI=1S/C18H19N3S/c1-13(19-2)18-21-17(12-22-18)14-8-10-16(11-9-14)20-15-6-4-3-5-7-15/h3-13,19-20H,1-2H3. The molecule has 4 heteroatoms. The Morgan fingerprint density at radius 1 is 0.955 bits per heavy atom. The van der Waals surface area contributed by atoms with Crippen LogP contribution in [0.15, 0.2) is 60.0 Å². The number of anilines is 2. The van der Waals surface area contributed by atoms with Crippen molar-refractivity contribution in [1.82, 2.24) is 10.3 Å². The van der Waals surface area contributed by atoms with E-state index in [0.29, 0.717) is 0 Å². The maximum atomic E-state index is 4.70. The van der Waals surface area contributed by atoms with E-state index in [9.17, 15) is 0 Å². The van der Waals surface area contributed by atoms with Crippen LogP contribution in [0.5, 0.6) is 0 Å². The Labute approximate surface area is 135 Å². The molecule has 3 rings (SSSR count). The third-order valence-corrected chi connectivity index (χ3v) is 4.60. The number of benzene rings is 2. The molecule has 0 spiro atoms. The highest BCUT2D eigenvalue weighted by molar-refractivity contribution is 7.10. The molecule has 2 N–H and O–H groups in total. The maximum Gasteiger partial charge on any atom is 0.110 e. The predicted molar refractivity (Wildman–Crippen MR) is 94.7 cm³/mol. The van der Waals surface area contributed by atoms with Crippen molar-refractivity contribution < 1.29 is 0 Å². The third-order valence-electron chi connectivity index (χ3n) is 3.57. The lowest BCUT2D eigenvalue weighted by molar-refractivity contribution is 0.648. The van der Waals surface area contributed by atoms with Gasteiger partial charge < -0.3 is 10.6 Å². The number of nitrogens with one attached hydrogen (secondary N) is 2. The lowest BCUT2D eigenvalue weighted by Gasteiger charge is -2.07. The molecule has 0 aliphatic heterocycles. The van der Waals surface area contributed by atoms with Gasteiger partial charge in [-0.3, -0.25) is 0 Å². The van der Waals surface area contributed by atoms with Crippen LogP contribution in [0.25, 0.3) is 11.3 Å². The average molecular weight is 309 g/mol. The normalized spacial score (nSPS) is 12.1. The van der Waals surface area contributed by atoms with Crippen LogP contribution >= 0.6 is 11.3 Å². The Kier molecular flexibility index (Phi) is 4.51. The van der Waals surface area contributed by atoms with Crippen molar-refractivity contribution in [3.63, 3.8) is 0 Å². The van der Waals surface area contributed by atoms with Crippen LogP contribution in [-0.2, 0) is 0 Å². The van der Waals surface area contributed by atoms with Crippen LogP contribution in [0, 0.1) is 0 Å². The van der Waals surface area contributed by atoms with Gasteiger partial charge >= 0.3 is 0 Å². The molecule has 0 aliphatic carbocycles. The Balaban J connectivity index is 1.75. The first kappa shape index (κ1) is 14.8. The first-order chi connectivity index (χ1) is 10.8. The molecule has 22 heavy (non-hydrogen) atoms. The molecule has 0 aliphatic rings. The van der Waals surface area contributed by atoms with Crippen LogP contribution in [0.1, 0.15) is 18.0 Å². The summed E-state index contributed by atoms with van der Waals surface area (Å²) in [6.07, 6.45) is 0. The molecule has 0 radical (unpaired) electrons. The number of thiazole rings is 1. The molecule has 1 heterocycles. The summed E-state index contributed by atoms with van der Waals surface area (Å²) in [4.78, 5) is 4.70. The molecule has 0 amide bonds. The van der Waals surface area contributed by atoms with Crippen molar-refractivity contribution in [3.05, 3.63) is 65.0 Å². The molecule has 112 valence electrons. The Hall–Kier alpha value is -2.17. The molecule has 1 unspecified atom stereocenters. The first-order valence-electron chi connectivity index (χ1n) is 7.31. The van der Waals surface area contributed by atoms with Gasteiger partial charge in [-0.1, -0.05) is 30.3 Å². The summed E-state index contributed by atoms with van der Waals surface area (Å²) >= 11 is 1.69. The number of nitrogens with zero attached hydrogens (tertiary/aromatic N) is 1. The molecule has 1 atom stereocenters. The predicted octanol–water partition coefficient (Wildman–Crippen LogP) is 4.83. The summed E-state index contributed by atoms with van der Waals surface area (Å²) in [7, 11) is 1.95. The van der Waals surface area contributed by atoms with Gasteiger partial charge in [0.1, 0.15) is 5.01 Å². The second kappa shape index (κ2) is 6.73. The van der Waals surface area contributed by atoms with Crippen LogP contribution in [0.3, 0.4) is 0 Å². The second-order valence-corrected chi connectivity index (χ2v) is 6.04. The molecule has 1 aromatic heterocycles. The van der Waals surface area contributed by atoms with Crippen molar-refractivity contribution in [2.45, 2.75) is 13.0 Å². The van der Waals surface area contributed by atoms with Crippen molar-refractivity contribution in [3.8, 4) is 11.3 Å². The topological polar surface area (TPSA) is 37.0 Å². The highest BCUT2D eigenvalue weighted by atomic mass is 32.1. The van der Waals surface area contributed by atoms with Gasteiger partial charge in [0.05, 0.1) is 11.7 Å². The van der Waals surface area contributed by atoms with E-state index in [2.05, 4.69) is 59.3 Å². The van der Waals surface area contributed by atoms with E-state index in [4.69, 9.17) is 4.98 Å². The number of aromatic nitrogens is 1. The summed E-state index contributed by atoms with van der Waals surface area (Å²) in [5.74, 6) is 0. The molecule has 3 nitrogen and oxygen atoms in total. The lowest BCUT2D eigenvalue weighted by atomic mass is 10.1. The van der Waals surface area contributed by atoms with Gasteiger partial charge in [0.25, 0.3) is 0 Å². The van der Waals surface area contributed by atoms with Gasteiger partial charge in [-0.05, 0) is 38.2 Å². The van der Waals surface area contributed by atoms with Crippen molar-refractivity contribution >= 4 is 22.7 Å². The van der Waals surface area contributed by atoms with Crippen molar-refractivity contribution in [2.75, 3.05) is 12.4 Å². The Bertz CT molecular complexity index is 720. The van der Waals surface area contributed by atoms with E-state index in [1.165, 1.54) is 0 Å². The molecule has 0 saturated carbocycles. The fourth-order valence-corrected chi connectivity index (χ4v) is 3.05.